The number of rotatable bonds is 6. The van der Waals surface area contributed by atoms with Crippen molar-refractivity contribution in [3.05, 3.63) is 59.5 Å². The number of pyridine rings is 1. The highest BCUT2D eigenvalue weighted by atomic mass is 127. The number of halogens is 1. The molecule has 8 heteroatoms. The van der Waals surface area contributed by atoms with Crippen molar-refractivity contribution < 1.29 is 4.74 Å². The molecule has 0 fully saturated rings. The number of hydrogen-bond donors (Lipinski definition) is 2. The van der Waals surface area contributed by atoms with Crippen molar-refractivity contribution in [2.45, 2.75) is 26.9 Å². The normalized spacial score (nSPS) is 11.1. The van der Waals surface area contributed by atoms with Crippen molar-refractivity contribution in [1.82, 2.24) is 25.2 Å². The lowest BCUT2D eigenvalue weighted by Crippen LogP contribution is -2.37. The van der Waals surface area contributed by atoms with Crippen LogP contribution in [0.4, 0.5) is 0 Å². The number of nitrogens with zero attached hydrogens (tertiary/aromatic N) is 4. The Bertz CT molecular complexity index is 908. The molecule has 0 saturated carbocycles. The summed E-state index contributed by atoms with van der Waals surface area (Å²) in [6.07, 6.45) is 1.95. The second-order valence-corrected chi connectivity index (χ2v) is 5.90. The summed E-state index contributed by atoms with van der Waals surface area (Å²) in [5.74, 6) is 2.47. The van der Waals surface area contributed by atoms with E-state index in [1.165, 1.54) is 0 Å². The van der Waals surface area contributed by atoms with Crippen LogP contribution in [0.2, 0.25) is 0 Å². The Labute approximate surface area is 176 Å². The third-order valence-electron chi connectivity index (χ3n) is 4.02. The van der Waals surface area contributed by atoms with Gasteiger partial charge in [-0.1, -0.05) is 18.2 Å². The molecule has 3 aromatic rings. The van der Waals surface area contributed by atoms with E-state index in [1.54, 1.807) is 7.11 Å². The summed E-state index contributed by atoms with van der Waals surface area (Å²) < 4.78 is 7.27. The molecule has 0 aliphatic carbocycles. The zero-order chi connectivity index (χ0) is 18.4. The van der Waals surface area contributed by atoms with Gasteiger partial charge in [0.05, 0.1) is 20.2 Å². The minimum atomic E-state index is 0. The molecule has 0 bridgehead atoms. The molecule has 0 aliphatic heterocycles. The van der Waals surface area contributed by atoms with E-state index in [0.29, 0.717) is 13.1 Å². The molecule has 0 spiro atoms. The zero-order valence-electron chi connectivity index (χ0n) is 15.8. The summed E-state index contributed by atoms with van der Waals surface area (Å²) in [4.78, 5) is 4.66. The van der Waals surface area contributed by atoms with Gasteiger partial charge in [0.25, 0.3) is 0 Å². The Morgan fingerprint density at radius 3 is 2.78 bits per heavy atom. The van der Waals surface area contributed by atoms with Crippen molar-refractivity contribution >= 4 is 35.6 Å². The van der Waals surface area contributed by atoms with Gasteiger partial charge in [0, 0.05) is 12.7 Å². The first-order valence-corrected chi connectivity index (χ1v) is 8.65. The van der Waals surface area contributed by atoms with Crippen molar-refractivity contribution in [3.63, 3.8) is 0 Å². The van der Waals surface area contributed by atoms with Crippen molar-refractivity contribution in [2.75, 3.05) is 13.7 Å². The average Bonchev–Trinajstić information content (AvgIpc) is 3.07. The standard InChI is InChI=1S/C19H24N6O.HI/c1-4-20-19(21-12-15-8-9-16(26-3)14(2)11-15)22-13-18-24-23-17-7-5-6-10-25(17)18;/h5-11H,4,12-13H2,1-3H3,(H2,20,21,22);1H. The number of ether oxygens (including phenoxy) is 1. The molecule has 2 aromatic heterocycles. The van der Waals surface area contributed by atoms with Crippen LogP contribution in [0.3, 0.4) is 0 Å². The number of hydrogen-bond acceptors (Lipinski definition) is 4. The van der Waals surface area contributed by atoms with Crippen LogP contribution in [0.1, 0.15) is 23.9 Å². The van der Waals surface area contributed by atoms with Crippen LogP contribution in [0, 0.1) is 6.92 Å². The Kier molecular flexibility index (Phi) is 7.83. The molecule has 0 atom stereocenters. The Morgan fingerprint density at radius 1 is 1.19 bits per heavy atom. The van der Waals surface area contributed by atoms with E-state index >= 15 is 0 Å². The third-order valence-corrected chi connectivity index (χ3v) is 4.02. The topological polar surface area (TPSA) is 75.8 Å². The molecule has 27 heavy (non-hydrogen) atoms. The van der Waals surface area contributed by atoms with Crippen LogP contribution >= 0.6 is 24.0 Å². The average molecular weight is 480 g/mol. The molecule has 0 aliphatic rings. The van der Waals surface area contributed by atoms with Crippen LogP contribution in [0.5, 0.6) is 5.75 Å². The maximum absolute atomic E-state index is 5.30. The quantitative estimate of drug-likeness (QED) is 0.323. The molecule has 0 amide bonds. The molecule has 0 unspecified atom stereocenters. The maximum atomic E-state index is 5.30. The lowest BCUT2D eigenvalue weighted by molar-refractivity contribution is 0.411. The number of methoxy groups -OCH3 is 1. The van der Waals surface area contributed by atoms with Gasteiger partial charge in [-0.3, -0.25) is 4.40 Å². The molecular weight excluding hydrogens is 455 g/mol. The van der Waals surface area contributed by atoms with Crippen molar-refractivity contribution in [2.24, 2.45) is 4.99 Å². The molecule has 3 rings (SSSR count). The summed E-state index contributed by atoms with van der Waals surface area (Å²) in [6, 6.07) is 11.9. The van der Waals surface area contributed by atoms with Gasteiger partial charge in [0.15, 0.2) is 17.4 Å². The van der Waals surface area contributed by atoms with E-state index in [-0.39, 0.29) is 24.0 Å². The van der Waals surface area contributed by atoms with Crippen molar-refractivity contribution in [3.8, 4) is 5.75 Å². The van der Waals surface area contributed by atoms with E-state index < -0.39 is 0 Å². The molecule has 7 nitrogen and oxygen atoms in total. The van der Waals surface area contributed by atoms with Gasteiger partial charge in [-0.25, -0.2) is 4.99 Å². The lowest BCUT2D eigenvalue weighted by atomic mass is 10.1. The molecule has 2 heterocycles. The van der Waals surface area contributed by atoms with Crippen LogP contribution in [-0.4, -0.2) is 34.2 Å². The monoisotopic (exact) mass is 480 g/mol. The van der Waals surface area contributed by atoms with Crippen LogP contribution in [-0.2, 0) is 13.1 Å². The zero-order valence-corrected chi connectivity index (χ0v) is 18.1. The summed E-state index contributed by atoms with van der Waals surface area (Å²) >= 11 is 0. The second-order valence-electron chi connectivity index (χ2n) is 5.90. The maximum Gasteiger partial charge on any atom is 0.191 e. The van der Waals surface area contributed by atoms with Gasteiger partial charge in [-0.2, -0.15) is 0 Å². The fraction of sp³-hybridized carbons (Fsp3) is 0.316. The van der Waals surface area contributed by atoms with Crippen LogP contribution in [0.25, 0.3) is 5.65 Å². The molecule has 2 N–H and O–H groups in total. The molecule has 144 valence electrons. The van der Waals surface area contributed by atoms with E-state index in [0.717, 1.165) is 40.9 Å². The molecule has 0 radical (unpaired) electrons. The minimum Gasteiger partial charge on any atom is -0.496 e. The van der Waals surface area contributed by atoms with Crippen LogP contribution in [0.15, 0.2) is 47.6 Å². The van der Waals surface area contributed by atoms with Gasteiger partial charge < -0.3 is 15.4 Å². The number of aromatic nitrogens is 3. The highest BCUT2D eigenvalue weighted by molar-refractivity contribution is 14.0. The lowest BCUT2D eigenvalue weighted by Gasteiger charge is -2.11. The smallest absolute Gasteiger partial charge is 0.191 e. The number of nitrogens with one attached hydrogen (secondary N) is 2. The summed E-state index contributed by atoms with van der Waals surface area (Å²) in [5.41, 5.74) is 3.07. The van der Waals surface area contributed by atoms with Gasteiger partial charge in [-0.15, -0.1) is 34.2 Å². The molecule has 0 saturated heterocycles. The van der Waals surface area contributed by atoms with Crippen molar-refractivity contribution in [1.29, 1.82) is 0 Å². The number of aliphatic imine (C=N–C) groups is 1. The van der Waals surface area contributed by atoms with E-state index in [9.17, 15) is 0 Å². The predicted molar refractivity (Wildman–Crippen MR) is 118 cm³/mol. The Balaban J connectivity index is 0.00000261. The number of guanidine groups is 1. The van der Waals surface area contributed by atoms with E-state index in [4.69, 9.17) is 4.74 Å². The number of fused-ring (bicyclic) bond motifs is 1. The summed E-state index contributed by atoms with van der Waals surface area (Å²) in [7, 11) is 1.68. The highest BCUT2D eigenvalue weighted by Gasteiger charge is 2.06. The SMILES string of the molecule is CCNC(=NCc1ccc(OC)c(C)c1)NCc1nnc2ccccn12.I. The summed E-state index contributed by atoms with van der Waals surface area (Å²) in [5, 5.41) is 15.0. The largest absolute Gasteiger partial charge is 0.496 e. The van der Waals surface area contributed by atoms with Gasteiger partial charge in [0.1, 0.15) is 5.75 Å². The molecule has 1 aromatic carbocycles. The second kappa shape index (κ2) is 10.1. The first-order valence-electron chi connectivity index (χ1n) is 8.65. The molecular formula is C19H25IN6O. The third kappa shape index (κ3) is 5.31. The highest BCUT2D eigenvalue weighted by Crippen LogP contribution is 2.18. The summed E-state index contributed by atoms with van der Waals surface area (Å²) in [6.45, 7) is 5.99. The van der Waals surface area contributed by atoms with E-state index in [1.807, 2.05) is 54.8 Å². The number of aryl methyl sites for hydroxylation is 1. The Morgan fingerprint density at radius 2 is 2.04 bits per heavy atom. The first-order chi connectivity index (χ1) is 12.7. The van der Waals surface area contributed by atoms with E-state index in [2.05, 4.69) is 31.9 Å². The first kappa shape index (κ1) is 20.9. The fourth-order valence-electron chi connectivity index (χ4n) is 2.73. The fourth-order valence-corrected chi connectivity index (χ4v) is 2.73. The minimum absolute atomic E-state index is 0. The number of benzene rings is 1. The van der Waals surface area contributed by atoms with Gasteiger partial charge in [0.2, 0.25) is 0 Å². The van der Waals surface area contributed by atoms with Gasteiger partial charge in [-0.05, 0) is 43.2 Å². The predicted octanol–water partition coefficient (Wildman–Crippen LogP) is 2.92. The Hall–Kier alpha value is -2.36. The van der Waals surface area contributed by atoms with Crippen LogP contribution < -0.4 is 15.4 Å². The van der Waals surface area contributed by atoms with Gasteiger partial charge >= 0.3 is 0 Å².